The van der Waals surface area contributed by atoms with Gasteiger partial charge < -0.3 is 19.5 Å². The third-order valence-corrected chi connectivity index (χ3v) is 4.09. The van der Waals surface area contributed by atoms with Crippen LogP contribution in [0.5, 0.6) is 0 Å². The van der Waals surface area contributed by atoms with Gasteiger partial charge in [0.05, 0.1) is 24.9 Å². The van der Waals surface area contributed by atoms with Gasteiger partial charge in [-0.15, -0.1) is 0 Å². The molecule has 0 bridgehead atoms. The maximum absolute atomic E-state index is 12.2. The Labute approximate surface area is 124 Å². The Morgan fingerprint density at radius 3 is 2.90 bits per heavy atom. The van der Waals surface area contributed by atoms with Crippen molar-refractivity contribution < 1.29 is 19.4 Å². The lowest BCUT2D eigenvalue weighted by Gasteiger charge is -2.27. The van der Waals surface area contributed by atoms with Gasteiger partial charge in [-0.1, -0.05) is 30.3 Å². The number of epoxide rings is 1. The molecule has 2 aliphatic rings. The van der Waals surface area contributed by atoms with Crippen LogP contribution in [0, 0.1) is 0 Å². The molecule has 5 nitrogen and oxygen atoms in total. The summed E-state index contributed by atoms with van der Waals surface area (Å²) < 4.78 is 10.5. The molecule has 21 heavy (non-hydrogen) atoms. The van der Waals surface area contributed by atoms with Crippen molar-refractivity contribution >= 4 is 6.09 Å². The Hall–Kier alpha value is -1.59. The first kappa shape index (κ1) is 14.4. The first-order chi connectivity index (χ1) is 10.2. The molecule has 2 aliphatic heterocycles. The van der Waals surface area contributed by atoms with E-state index < -0.39 is 6.10 Å². The van der Waals surface area contributed by atoms with E-state index in [1.165, 1.54) is 0 Å². The zero-order valence-electron chi connectivity index (χ0n) is 12.0. The molecule has 0 aromatic heterocycles. The summed E-state index contributed by atoms with van der Waals surface area (Å²) in [7, 11) is 0. The highest BCUT2D eigenvalue weighted by Gasteiger charge is 2.38. The summed E-state index contributed by atoms with van der Waals surface area (Å²) in [5.41, 5.74) is 0.966. The topological polar surface area (TPSA) is 62.3 Å². The standard InChI is InChI=1S/C16H21NO4/c18-15(9-13-11-20-13)14-7-4-8-17(14)16(19)21-10-12-5-2-1-3-6-12/h1-3,5-6,13-15,18H,4,7-11H2/t13-,14+,15-/m1/s1. The van der Waals surface area contributed by atoms with Gasteiger partial charge in [0.25, 0.3) is 0 Å². The number of ether oxygens (including phenoxy) is 2. The van der Waals surface area contributed by atoms with Gasteiger partial charge in [0.2, 0.25) is 0 Å². The number of rotatable bonds is 5. The van der Waals surface area contributed by atoms with E-state index in [1.807, 2.05) is 30.3 Å². The normalized spacial score (nSPS) is 25.7. The Kier molecular flexibility index (Phi) is 4.41. The quantitative estimate of drug-likeness (QED) is 0.842. The van der Waals surface area contributed by atoms with Crippen LogP contribution in [0.1, 0.15) is 24.8 Å². The molecule has 0 aliphatic carbocycles. The molecule has 1 aromatic carbocycles. The van der Waals surface area contributed by atoms with Crippen LogP contribution in [0.3, 0.4) is 0 Å². The van der Waals surface area contributed by atoms with Crippen molar-refractivity contribution in [3.63, 3.8) is 0 Å². The summed E-state index contributed by atoms with van der Waals surface area (Å²) in [6.45, 7) is 1.65. The number of hydrogen-bond acceptors (Lipinski definition) is 4. The molecule has 2 heterocycles. The molecule has 1 aromatic rings. The van der Waals surface area contributed by atoms with E-state index in [1.54, 1.807) is 4.90 Å². The lowest BCUT2D eigenvalue weighted by molar-refractivity contribution is 0.0414. The number of likely N-dealkylation sites (tertiary alicyclic amines) is 1. The van der Waals surface area contributed by atoms with Crippen molar-refractivity contribution in [3.8, 4) is 0 Å². The number of amides is 1. The third kappa shape index (κ3) is 3.74. The van der Waals surface area contributed by atoms with Crippen molar-refractivity contribution in [2.24, 2.45) is 0 Å². The highest BCUT2D eigenvalue weighted by molar-refractivity contribution is 5.68. The third-order valence-electron chi connectivity index (χ3n) is 4.09. The summed E-state index contributed by atoms with van der Waals surface area (Å²) in [5.74, 6) is 0. The second-order valence-corrected chi connectivity index (χ2v) is 5.70. The van der Waals surface area contributed by atoms with Crippen LogP contribution >= 0.6 is 0 Å². The summed E-state index contributed by atoms with van der Waals surface area (Å²) in [6, 6.07) is 9.47. The molecular weight excluding hydrogens is 270 g/mol. The van der Waals surface area contributed by atoms with Crippen LogP contribution in [-0.4, -0.2) is 47.5 Å². The number of aliphatic hydroxyl groups excluding tert-OH is 1. The molecule has 5 heteroatoms. The summed E-state index contributed by atoms with van der Waals surface area (Å²) >= 11 is 0. The van der Waals surface area contributed by atoms with Crippen LogP contribution < -0.4 is 0 Å². The first-order valence-corrected chi connectivity index (χ1v) is 7.51. The van der Waals surface area contributed by atoms with Gasteiger partial charge in [-0.05, 0) is 18.4 Å². The highest BCUT2D eigenvalue weighted by atomic mass is 16.6. The monoisotopic (exact) mass is 291 g/mol. The van der Waals surface area contributed by atoms with Crippen molar-refractivity contribution in [1.29, 1.82) is 0 Å². The molecule has 114 valence electrons. The molecule has 3 atom stereocenters. The number of benzene rings is 1. The van der Waals surface area contributed by atoms with Gasteiger partial charge >= 0.3 is 6.09 Å². The van der Waals surface area contributed by atoms with Crippen molar-refractivity contribution in [2.45, 2.75) is 44.1 Å². The Bertz CT molecular complexity index is 474. The largest absolute Gasteiger partial charge is 0.445 e. The molecule has 1 amide bonds. The smallest absolute Gasteiger partial charge is 0.410 e. The fourth-order valence-corrected chi connectivity index (χ4v) is 2.85. The summed E-state index contributed by atoms with van der Waals surface area (Å²) in [4.78, 5) is 13.9. The van der Waals surface area contributed by atoms with Crippen molar-refractivity contribution in [3.05, 3.63) is 35.9 Å². The van der Waals surface area contributed by atoms with Crippen LogP contribution in [0.2, 0.25) is 0 Å². The zero-order valence-corrected chi connectivity index (χ0v) is 12.0. The molecule has 2 saturated heterocycles. The molecule has 3 rings (SSSR count). The minimum absolute atomic E-state index is 0.141. The molecule has 0 radical (unpaired) electrons. The number of hydrogen-bond donors (Lipinski definition) is 1. The van der Waals surface area contributed by atoms with Gasteiger partial charge in [0, 0.05) is 13.0 Å². The van der Waals surface area contributed by atoms with E-state index in [-0.39, 0.29) is 24.8 Å². The van der Waals surface area contributed by atoms with Gasteiger partial charge in [-0.2, -0.15) is 0 Å². The predicted molar refractivity (Wildman–Crippen MR) is 76.7 cm³/mol. The van der Waals surface area contributed by atoms with Crippen molar-refractivity contribution in [1.82, 2.24) is 4.90 Å². The lowest BCUT2D eigenvalue weighted by Crippen LogP contribution is -2.43. The van der Waals surface area contributed by atoms with E-state index in [0.29, 0.717) is 13.0 Å². The zero-order chi connectivity index (χ0) is 14.7. The minimum atomic E-state index is -0.524. The maximum Gasteiger partial charge on any atom is 0.410 e. The Balaban J connectivity index is 1.52. The average molecular weight is 291 g/mol. The van der Waals surface area contributed by atoms with Gasteiger partial charge in [-0.3, -0.25) is 0 Å². The van der Waals surface area contributed by atoms with Gasteiger partial charge in [-0.25, -0.2) is 4.79 Å². The Morgan fingerprint density at radius 1 is 1.43 bits per heavy atom. The number of carbonyl (C=O) groups is 1. The average Bonchev–Trinajstić information content (AvgIpc) is 3.18. The lowest BCUT2D eigenvalue weighted by atomic mass is 10.0. The second kappa shape index (κ2) is 6.45. The van der Waals surface area contributed by atoms with Crippen LogP contribution in [0.4, 0.5) is 4.79 Å². The van der Waals surface area contributed by atoms with E-state index in [0.717, 1.165) is 25.0 Å². The number of nitrogens with zero attached hydrogens (tertiary/aromatic N) is 1. The SMILES string of the molecule is O=C(OCc1ccccc1)N1CCC[C@H]1[C@H](O)C[C@@H]1CO1. The first-order valence-electron chi connectivity index (χ1n) is 7.51. The van der Waals surface area contributed by atoms with Crippen LogP contribution in [0.25, 0.3) is 0 Å². The Morgan fingerprint density at radius 2 is 2.19 bits per heavy atom. The fourth-order valence-electron chi connectivity index (χ4n) is 2.85. The molecule has 0 spiro atoms. The van der Waals surface area contributed by atoms with E-state index >= 15 is 0 Å². The molecule has 1 N–H and O–H groups in total. The van der Waals surface area contributed by atoms with E-state index in [9.17, 15) is 9.90 Å². The van der Waals surface area contributed by atoms with E-state index in [4.69, 9.17) is 9.47 Å². The second-order valence-electron chi connectivity index (χ2n) is 5.70. The molecule has 2 fully saturated rings. The number of aliphatic hydroxyl groups is 1. The summed E-state index contributed by atoms with van der Waals surface area (Å²) in [5, 5.41) is 10.2. The van der Waals surface area contributed by atoms with Crippen LogP contribution in [0.15, 0.2) is 30.3 Å². The molecular formula is C16H21NO4. The molecule has 0 saturated carbocycles. The van der Waals surface area contributed by atoms with Crippen molar-refractivity contribution in [2.75, 3.05) is 13.2 Å². The fraction of sp³-hybridized carbons (Fsp3) is 0.562. The summed E-state index contributed by atoms with van der Waals surface area (Å²) in [6.07, 6.45) is 1.65. The van der Waals surface area contributed by atoms with Crippen LogP contribution in [-0.2, 0) is 16.1 Å². The van der Waals surface area contributed by atoms with Gasteiger partial charge in [0.1, 0.15) is 6.61 Å². The molecule has 0 unspecified atom stereocenters. The van der Waals surface area contributed by atoms with E-state index in [2.05, 4.69) is 0 Å². The van der Waals surface area contributed by atoms with Gasteiger partial charge in [0.15, 0.2) is 0 Å². The minimum Gasteiger partial charge on any atom is -0.445 e. The maximum atomic E-state index is 12.2. The highest BCUT2D eigenvalue weighted by Crippen LogP contribution is 2.26. The predicted octanol–water partition coefficient (Wildman–Crippen LogP) is 1.94. The number of carbonyl (C=O) groups excluding carboxylic acids is 1.